The molecule has 1 aliphatic heterocycles. The van der Waals surface area contributed by atoms with Crippen LogP contribution in [0.4, 0.5) is 0 Å². The average Bonchev–Trinajstić information content (AvgIpc) is 2.89. The zero-order valence-corrected chi connectivity index (χ0v) is 16.4. The first-order valence-electron chi connectivity index (χ1n) is 7.30. The number of hydrogen-bond donors (Lipinski definition) is 1. The predicted octanol–water partition coefficient (Wildman–Crippen LogP) is -1.60. The van der Waals surface area contributed by atoms with Gasteiger partial charge in [-0.3, -0.25) is 0 Å². The van der Waals surface area contributed by atoms with Crippen molar-refractivity contribution in [3.63, 3.8) is 0 Å². The molecule has 0 saturated heterocycles. The van der Waals surface area contributed by atoms with Gasteiger partial charge in [-0.1, -0.05) is 11.6 Å². The molecule has 0 radical (unpaired) electrons. The van der Waals surface area contributed by atoms with Gasteiger partial charge in [0, 0.05) is 17.1 Å². The van der Waals surface area contributed by atoms with Gasteiger partial charge in [-0.05, 0) is 38.7 Å². The number of carbonyl (C=O) groups excluding carboxylic acids is 2. The van der Waals surface area contributed by atoms with E-state index in [1.54, 1.807) is 6.92 Å². The minimum atomic E-state index is -1.10. The molecule has 0 aromatic heterocycles. The fraction of sp³-hybridized carbons (Fsp3) is 0.412. The number of aromatic hydroxyl groups is 1. The number of fused-ring (bicyclic) bond motifs is 1. The van der Waals surface area contributed by atoms with Crippen LogP contribution >= 0.6 is 0 Å². The summed E-state index contributed by atoms with van der Waals surface area (Å²) in [5.74, 6) is -1.26. The van der Waals surface area contributed by atoms with Crippen LogP contribution in [0.2, 0.25) is 0 Å². The Labute approximate surface area is 162 Å². The van der Waals surface area contributed by atoms with Crippen molar-refractivity contribution in [2.24, 2.45) is 0 Å². The van der Waals surface area contributed by atoms with E-state index in [0.717, 1.165) is 11.1 Å². The van der Waals surface area contributed by atoms with E-state index < -0.39 is 11.9 Å². The van der Waals surface area contributed by atoms with Gasteiger partial charge in [-0.15, -0.1) is 0 Å². The van der Waals surface area contributed by atoms with Gasteiger partial charge in [-0.2, -0.15) is 0 Å². The number of carbonyl (C=O) groups is 2. The van der Waals surface area contributed by atoms with Crippen LogP contribution < -0.4 is 39.4 Å². The molecule has 2 rings (SSSR count). The molecular weight excluding hydrogens is 323 g/mol. The van der Waals surface area contributed by atoms with Crippen molar-refractivity contribution in [3.8, 4) is 11.5 Å². The molecule has 24 heavy (non-hydrogen) atoms. The number of carboxylic acids is 1. The number of aliphatic carboxylic acids is 1. The number of cyclic esters (lactones) is 1. The summed E-state index contributed by atoms with van der Waals surface area (Å²) in [5.41, 5.74) is 2.96. The minimum absolute atomic E-state index is 0. The van der Waals surface area contributed by atoms with Gasteiger partial charge in [-0.25, -0.2) is 4.79 Å². The van der Waals surface area contributed by atoms with Gasteiger partial charge in [0.15, 0.2) is 0 Å². The molecule has 0 aliphatic carbocycles. The van der Waals surface area contributed by atoms with Crippen molar-refractivity contribution in [1.82, 2.24) is 0 Å². The number of rotatable bonds is 6. The van der Waals surface area contributed by atoms with Crippen molar-refractivity contribution in [2.75, 3.05) is 7.11 Å². The summed E-state index contributed by atoms with van der Waals surface area (Å²) >= 11 is 0. The number of esters is 1. The molecule has 0 fully saturated rings. The number of carboxylic acid groups (broad SMARTS) is 1. The van der Waals surface area contributed by atoms with E-state index in [4.69, 9.17) is 9.47 Å². The summed E-state index contributed by atoms with van der Waals surface area (Å²) in [6.45, 7) is 3.75. The van der Waals surface area contributed by atoms with Crippen LogP contribution in [0.3, 0.4) is 0 Å². The van der Waals surface area contributed by atoms with Gasteiger partial charge >= 0.3 is 35.5 Å². The van der Waals surface area contributed by atoms with E-state index in [1.165, 1.54) is 7.11 Å². The monoisotopic (exact) mass is 342 g/mol. The predicted molar refractivity (Wildman–Crippen MR) is 80.2 cm³/mol. The fourth-order valence-electron chi connectivity index (χ4n) is 2.71. The van der Waals surface area contributed by atoms with Crippen LogP contribution in [0.1, 0.15) is 46.8 Å². The van der Waals surface area contributed by atoms with Gasteiger partial charge in [0.2, 0.25) is 0 Å². The van der Waals surface area contributed by atoms with Crippen molar-refractivity contribution >= 4 is 11.9 Å². The SMILES string of the molecule is COc1c(C)c2c(c(O)c1C/C=C(\C)CCC(=O)[O-])C(=O)OC2.[Na+]. The Morgan fingerprint density at radius 2 is 2.08 bits per heavy atom. The topological polar surface area (TPSA) is 95.9 Å². The number of allylic oxidation sites excluding steroid dienone is 2. The summed E-state index contributed by atoms with van der Waals surface area (Å²) < 4.78 is 10.4. The molecule has 0 spiro atoms. The first-order valence-corrected chi connectivity index (χ1v) is 7.30. The van der Waals surface area contributed by atoms with Crippen molar-refractivity contribution < 1.29 is 58.8 Å². The van der Waals surface area contributed by atoms with Gasteiger partial charge in [0.05, 0.1) is 7.11 Å². The largest absolute Gasteiger partial charge is 1.00 e. The molecule has 7 heteroatoms. The summed E-state index contributed by atoms with van der Waals surface area (Å²) in [6, 6.07) is 0. The molecule has 124 valence electrons. The second-order valence-corrected chi connectivity index (χ2v) is 5.54. The second kappa shape index (κ2) is 8.55. The zero-order valence-electron chi connectivity index (χ0n) is 14.4. The number of ether oxygens (including phenoxy) is 2. The molecule has 0 unspecified atom stereocenters. The number of methoxy groups -OCH3 is 1. The standard InChI is InChI=1S/C17H20O6.Na/c1-9(5-7-13(18)19)4-6-11-15(20)14-12(8-23-17(14)21)10(2)16(11)22-3;/h4,20H,5-8H2,1-3H3,(H,18,19);/q;+1/p-1/b9-4+;. The molecule has 1 aromatic rings. The summed E-state index contributed by atoms with van der Waals surface area (Å²) in [5, 5.41) is 20.9. The molecule has 0 atom stereocenters. The normalized spacial score (nSPS) is 13.1. The summed E-state index contributed by atoms with van der Waals surface area (Å²) in [4.78, 5) is 22.3. The fourth-order valence-corrected chi connectivity index (χ4v) is 2.71. The maximum Gasteiger partial charge on any atom is 1.00 e. The molecule has 1 aliphatic rings. The first kappa shape index (κ1) is 20.5. The summed E-state index contributed by atoms with van der Waals surface area (Å²) in [6.07, 6.45) is 2.46. The van der Waals surface area contributed by atoms with Gasteiger partial charge in [0.25, 0.3) is 0 Å². The number of phenols is 1. The van der Waals surface area contributed by atoms with Crippen molar-refractivity contribution in [2.45, 2.75) is 39.7 Å². The Hall–Kier alpha value is -1.50. The quantitative estimate of drug-likeness (QED) is 0.380. The molecule has 1 N–H and O–H groups in total. The van der Waals surface area contributed by atoms with Gasteiger partial charge < -0.3 is 24.5 Å². The molecule has 6 nitrogen and oxygen atoms in total. The Morgan fingerprint density at radius 3 is 2.67 bits per heavy atom. The first-order chi connectivity index (χ1) is 10.9. The van der Waals surface area contributed by atoms with Crippen molar-refractivity contribution in [1.29, 1.82) is 0 Å². The van der Waals surface area contributed by atoms with Crippen LogP contribution in [0, 0.1) is 6.92 Å². The Morgan fingerprint density at radius 1 is 1.42 bits per heavy atom. The number of hydrogen-bond acceptors (Lipinski definition) is 6. The van der Waals surface area contributed by atoms with E-state index in [1.807, 2.05) is 13.0 Å². The molecule has 1 aromatic carbocycles. The Kier molecular flexibility index (Phi) is 7.32. The van der Waals surface area contributed by atoms with E-state index in [0.29, 0.717) is 29.7 Å². The third-order valence-corrected chi connectivity index (χ3v) is 4.03. The molecule has 0 bridgehead atoms. The zero-order chi connectivity index (χ0) is 17.1. The number of phenolic OH excluding ortho intramolecular Hbond substituents is 1. The van der Waals surface area contributed by atoms with E-state index >= 15 is 0 Å². The average molecular weight is 342 g/mol. The van der Waals surface area contributed by atoms with E-state index in [2.05, 4.69) is 0 Å². The Bertz CT molecular complexity index is 693. The number of benzene rings is 1. The maximum absolute atomic E-state index is 11.8. The third kappa shape index (κ3) is 4.12. The maximum atomic E-state index is 11.8. The van der Waals surface area contributed by atoms with E-state index in [-0.39, 0.29) is 53.9 Å². The third-order valence-electron chi connectivity index (χ3n) is 4.03. The van der Waals surface area contributed by atoms with Gasteiger partial charge in [0.1, 0.15) is 23.7 Å². The minimum Gasteiger partial charge on any atom is -0.550 e. The van der Waals surface area contributed by atoms with Crippen molar-refractivity contribution in [3.05, 3.63) is 33.9 Å². The van der Waals surface area contributed by atoms with Crippen LogP contribution in [0.15, 0.2) is 11.6 Å². The smallest absolute Gasteiger partial charge is 0.550 e. The van der Waals surface area contributed by atoms with Crippen LogP contribution in [0.5, 0.6) is 11.5 Å². The molecular formula is C17H19NaO6. The van der Waals surface area contributed by atoms with E-state index in [9.17, 15) is 19.8 Å². The van der Waals surface area contributed by atoms with Crippen LogP contribution in [0.25, 0.3) is 0 Å². The van der Waals surface area contributed by atoms with Crippen LogP contribution in [-0.4, -0.2) is 24.2 Å². The summed E-state index contributed by atoms with van der Waals surface area (Å²) in [7, 11) is 1.50. The van der Waals surface area contributed by atoms with Crippen LogP contribution in [-0.2, 0) is 22.6 Å². The Balaban J connectivity index is 0.00000288. The molecule has 1 heterocycles. The molecule has 0 amide bonds. The molecule has 0 saturated carbocycles. The second-order valence-electron chi connectivity index (χ2n) is 5.54.